The molecule has 0 radical (unpaired) electrons. The summed E-state index contributed by atoms with van der Waals surface area (Å²) in [5, 5.41) is 2.79. The summed E-state index contributed by atoms with van der Waals surface area (Å²) in [5.41, 5.74) is 0. The maximum Gasteiger partial charge on any atom is 0.250 e. The van der Waals surface area contributed by atoms with Crippen molar-refractivity contribution < 1.29 is 8.42 Å². The molecule has 1 aromatic heterocycles. The molecule has 1 N–H and O–H groups in total. The molecule has 0 amide bonds. The molecular formula is C10H16BrNO2S2. The molecule has 6 heteroatoms. The Kier molecular flexibility index (Phi) is 6.57. The first kappa shape index (κ1) is 14.2. The third-order valence-electron chi connectivity index (χ3n) is 2.11. The van der Waals surface area contributed by atoms with Gasteiger partial charge in [0, 0.05) is 11.9 Å². The summed E-state index contributed by atoms with van der Waals surface area (Å²) in [4.78, 5) is 0. The van der Waals surface area contributed by atoms with Gasteiger partial charge in [-0.3, -0.25) is 0 Å². The third-order valence-corrected chi connectivity index (χ3v) is 5.53. The molecule has 0 bridgehead atoms. The first-order valence-electron chi connectivity index (χ1n) is 5.26. The number of thiophene rings is 1. The zero-order valence-corrected chi connectivity index (χ0v) is 12.2. The summed E-state index contributed by atoms with van der Waals surface area (Å²) in [7, 11) is -3.25. The molecule has 0 unspecified atom stereocenters. The minimum Gasteiger partial charge on any atom is -0.210 e. The van der Waals surface area contributed by atoms with Crippen LogP contribution in [0.15, 0.2) is 21.7 Å². The van der Waals surface area contributed by atoms with Gasteiger partial charge in [-0.15, -0.1) is 11.3 Å². The quantitative estimate of drug-likeness (QED) is 0.590. The molecule has 0 saturated heterocycles. The minimum atomic E-state index is -3.25. The summed E-state index contributed by atoms with van der Waals surface area (Å²) in [5.74, 6) is 0. The second kappa shape index (κ2) is 7.42. The summed E-state index contributed by atoms with van der Waals surface area (Å²) in [6.07, 6.45) is 4.26. The molecule has 1 heterocycles. The number of sulfonamides is 1. The van der Waals surface area contributed by atoms with Gasteiger partial charge < -0.3 is 0 Å². The molecule has 1 rings (SSSR count). The van der Waals surface area contributed by atoms with Crippen LogP contribution in [0, 0.1) is 0 Å². The standard InChI is InChI=1S/C10H16BrNO2S2/c11-7-3-1-2-4-8-12-16(13,14)10-6-5-9-15-10/h5-6,9,12H,1-4,7-8H2. The molecule has 92 valence electrons. The second-order valence-electron chi connectivity index (χ2n) is 3.43. The van der Waals surface area contributed by atoms with Crippen molar-refractivity contribution >= 4 is 37.3 Å². The van der Waals surface area contributed by atoms with Crippen LogP contribution in [-0.2, 0) is 10.0 Å². The summed E-state index contributed by atoms with van der Waals surface area (Å²) in [6, 6.07) is 3.37. The average Bonchev–Trinajstić information content (AvgIpc) is 2.77. The number of unbranched alkanes of at least 4 members (excludes halogenated alkanes) is 3. The van der Waals surface area contributed by atoms with Gasteiger partial charge in [0.15, 0.2) is 0 Å². The van der Waals surface area contributed by atoms with E-state index in [-0.39, 0.29) is 0 Å². The molecule has 0 aliphatic carbocycles. The van der Waals surface area contributed by atoms with Gasteiger partial charge in [-0.25, -0.2) is 13.1 Å². The van der Waals surface area contributed by atoms with Gasteiger partial charge in [0.25, 0.3) is 0 Å². The van der Waals surface area contributed by atoms with Gasteiger partial charge in [-0.05, 0) is 24.3 Å². The third kappa shape index (κ3) is 4.95. The number of alkyl halides is 1. The van der Waals surface area contributed by atoms with Crippen LogP contribution < -0.4 is 4.72 Å². The lowest BCUT2D eigenvalue weighted by Gasteiger charge is -2.04. The van der Waals surface area contributed by atoms with Crippen LogP contribution in [0.2, 0.25) is 0 Å². The van der Waals surface area contributed by atoms with E-state index in [1.54, 1.807) is 17.5 Å². The van der Waals surface area contributed by atoms with E-state index >= 15 is 0 Å². The highest BCUT2D eigenvalue weighted by molar-refractivity contribution is 9.09. The lowest BCUT2D eigenvalue weighted by atomic mass is 10.2. The van der Waals surface area contributed by atoms with E-state index in [0.29, 0.717) is 10.8 Å². The molecule has 16 heavy (non-hydrogen) atoms. The molecule has 0 atom stereocenters. The Morgan fingerprint density at radius 1 is 1.25 bits per heavy atom. The van der Waals surface area contributed by atoms with Crippen LogP contribution in [0.4, 0.5) is 0 Å². The predicted molar refractivity (Wildman–Crippen MR) is 71.8 cm³/mol. The zero-order valence-electron chi connectivity index (χ0n) is 8.99. The highest BCUT2D eigenvalue weighted by Gasteiger charge is 2.13. The summed E-state index contributed by atoms with van der Waals surface area (Å²) < 4.78 is 26.4. The Morgan fingerprint density at radius 3 is 2.62 bits per heavy atom. The largest absolute Gasteiger partial charge is 0.250 e. The van der Waals surface area contributed by atoms with Crippen molar-refractivity contribution in [2.24, 2.45) is 0 Å². The van der Waals surface area contributed by atoms with Crippen molar-refractivity contribution in [1.82, 2.24) is 4.72 Å². The van der Waals surface area contributed by atoms with Crippen LogP contribution >= 0.6 is 27.3 Å². The SMILES string of the molecule is O=S(=O)(NCCCCCCBr)c1cccs1. The number of hydrogen-bond acceptors (Lipinski definition) is 3. The fourth-order valence-corrected chi connectivity index (χ4v) is 3.78. The maximum absolute atomic E-state index is 11.7. The van der Waals surface area contributed by atoms with Crippen molar-refractivity contribution in [2.45, 2.75) is 29.9 Å². The van der Waals surface area contributed by atoms with Gasteiger partial charge in [-0.1, -0.05) is 34.8 Å². The topological polar surface area (TPSA) is 46.2 Å². The molecule has 0 aliphatic heterocycles. The molecular weight excluding hydrogens is 310 g/mol. The Labute approximate surface area is 109 Å². The smallest absolute Gasteiger partial charge is 0.210 e. The van der Waals surface area contributed by atoms with E-state index in [4.69, 9.17) is 0 Å². The van der Waals surface area contributed by atoms with Gasteiger partial charge in [0.05, 0.1) is 0 Å². The molecule has 0 spiro atoms. The lowest BCUT2D eigenvalue weighted by Crippen LogP contribution is -2.23. The predicted octanol–water partition coefficient (Wildman–Crippen LogP) is 2.98. The van der Waals surface area contributed by atoms with Crippen molar-refractivity contribution in [2.75, 3.05) is 11.9 Å². The van der Waals surface area contributed by atoms with Gasteiger partial charge in [-0.2, -0.15) is 0 Å². The van der Waals surface area contributed by atoms with Crippen LogP contribution in [-0.4, -0.2) is 20.3 Å². The Hall–Kier alpha value is 0.0900. The molecule has 0 aliphatic rings. The normalized spacial score (nSPS) is 11.8. The summed E-state index contributed by atoms with van der Waals surface area (Å²) >= 11 is 4.61. The molecule has 0 fully saturated rings. The number of rotatable bonds is 8. The van der Waals surface area contributed by atoms with Crippen LogP contribution in [0.5, 0.6) is 0 Å². The average molecular weight is 326 g/mol. The van der Waals surface area contributed by atoms with E-state index in [1.807, 2.05) is 0 Å². The Morgan fingerprint density at radius 2 is 2.00 bits per heavy atom. The number of hydrogen-bond donors (Lipinski definition) is 1. The highest BCUT2D eigenvalue weighted by atomic mass is 79.9. The van der Waals surface area contributed by atoms with Crippen LogP contribution in [0.25, 0.3) is 0 Å². The fourth-order valence-electron chi connectivity index (χ4n) is 1.27. The molecule has 3 nitrogen and oxygen atoms in total. The van der Waals surface area contributed by atoms with E-state index in [0.717, 1.165) is 31.0 Å². The van der Waals surface area contributed by atoms with Crippen LogP contribution in [0.3, 0.4) is 0 Å². The fraction of sp³-hybridized carbons (Fsp3) is 0.600. The van der Waals surface area contributed by atoms with E-state index in [9.17, 15) is 8.42 Å². The molecule has 1 aromatic rings. The van der Waals surface area contributed by atoms with Crippen molar-refractivity contribution in [3.8, 4) is 0 Å². The molecule has 0 aromatic carbocycles. The van der Waals surface area contributed by atoms with Crippen molar-refractivity contribution in [3.63, 3.8) is 0 Å². The van der Waals surface area contributed by atoms with Crippen molar-refractivity contribution in [1.29, 1.82) is 0 Å². The van der Waals surface area contributed by atoms with E-state index < -0.39 is 10.0 Å². The number of nitrogens with one attached hydrogen (secondary N) is 1. The van der Waals surface area contributed by atoms with Gasteiger partial charge in [0.2, 0.25) is 10.0 Å². The monoisotopic (exact) mass is 325 g/mol. The van der Waals surface area contributed by atoms with Gasteiger partial charge >= 0.3 is 0 Å². The summed E-state index contributed by atoms with van der Waals surface area (Å²) in [6.45, 7) is 0.530. The van der Waals surface area contributed by atoms with Crippen LogP contribution in [0.1, 0.15) is 25.7 Å². The highest BCUT2D eigenvalue weighted by Crippen LogP contribution is 2.15. The molecule has 0 saturated carbocycles. The second-order valence-corrected chi connectivity index (χ2v) is 7.17. The van der Waals surface area contributed by atoms with Gasteiger partial charge in [0.1, 0.15) is 4.21 Å². The van der Waals surface area contributed by atoms with E-state index in [2.05, 4.69) is 20.7 Å². The first-order chi connectivity index (χ1) is 7.67. The minimum absolute atomic E-state index is 0.396. The Balaban J connectivity index is 2.22. The van der Waals surface area contributed by atoms with Crippen molar-refractivity contribution in [3.05, 3.63) is 17.5 Å². The maximum atomic E-state index is 11.7. The lowest BCUT2D eigenvalue weighted by molar-refractivity contribution is 0.576. The zero-order chi connectivity index (χ0) is 11.9. The number of halogens is 1. The Bertz CT molecular complexity index is 376. The van der Waals surface area contributed by atoms with E-state index in [1.165, 1.54) is 11.3 Å². The first-order valence-corrected chi connectivity index (χ1v) is 8.74.